The number of hydrogen-bond donors (Lipinski definition) is 5. The molecule has 154 valence electrons. The second-order valence-electron chi connectivity index (χ2n) is 6.96. The lowest BCUT2D eigenvalue weighted by Crippen LogP contribution is -2.11. The lowest BCUT2D eigenvalue weighted by Gasteiger charge is -2.24. The number of aromatic carboxylic acids is 1. The summed E-state index contributed by atoms with van der Waals surface area (Å²) in [6, 6.07) is 12.8. The van der Waals surface area contributed by atoms with Crippen LogP contribution in [0.5, 0.6) is 5.75 Å². The van der Waals surface area contributed by atoms with Gasteiger partial charge in [-0.3, -0.25) is 0 Å². The molecule has 1 aliphatic heterocycles. The number of ether oxygens (including phenoxy) is 1. The van der Waals surface area contributed by atoms with Crippen molar-refractivity contribution in [2.45, 2.75) is 0 Å². The van der Waals surface area contributed by atoms with E-state index < -0.39 is 5.97 Å². The van der Waals surface area contributed by atoms with E-state index in [0.717, 1.165) is 50.9 Å². The van der Waals surface area contributed by atoms with Gasteiger partial charge in [0.2, 0.25) is 0 Å². The molecule has 3 aromatic rings. The van der Waals surface area contributed by atoms with Crippen LogP contribution < -0.4 is 20.7 Å². The average Bonchev–Trinajstić information content (AvgIpc) is 3.27. The van der Waals surface area contributed by atoms with Gasteiger partial charge in [-0.15, -0.1) is 0 Å². The fourth-order valence-corrected chi connectivity index (χ4v) is 3.72. The highest BCUT2D eigenvalue weighted by molar-refractivity contribution is 5.97. The minimum Gasteiger partial charge on any atom is -0.488 e. The summed E-state index contributed by atoms with van der Waals surface area (Å²) in [4.78, 5) is 14.5. The highest BCUT2D eigenvalue weighted by atomic mass is 16.5. The number of anilines is 3. The summed E-state index contributed by atoms with van der Waals surface area (Å²) < 4.78 is 6.07. The normalized spacial score (nSPS) is 12.4. The Morgan fingerprint density at radius 3 is 2.30 bits per heavy atom. The van der Waals surface area contributed by atoms with Gasteiger partial charge >= 0.3 is 5.97 Å². The van der Waals surface area contributed by atoms with Gasteiger partial charge in [0.05, 0.1) is 22.6 Å². The van der Waals surface area contributed by atoms with Gasteiger partial charge in [0.25, 0.3) is 0 Å². The molecule has 0 aliphatic carbocycles. The van der Waals surface area contributed by atoms with Crippen molar-refractivity contribution in [2.24, 2.45) is 0 Å². The number of H-pyrrole nitrogens is 1. The first kappa shape index (κ1) is 19.4. The summed E-state index contributed by atoms with van der Waals surface area (Å²) in [6.07, 6.45) is 2.13. The quantitative estimate of drug-likeness (QED) is 0.417. The van der Waals surface area contributed by atoms with Crippen molar-refractivity contribution in [3.8, 4) is 17.0 Å². The van der Waals surface area contributed by atoms with Crippen molar-refractivity contribution in [3.63, 3.8) is 0 Å². The maximum Gasteiger partial charge on any atom is 0.335 e. The van der Waals surface area contributed by atoms with Gasteiger partial charge in [-0.2, -0.15) is 0 Å². The van der Waals surface area contributed by atoms with Crippen molar-refractivity contribution in [3.05, 3.63) is 59.3 Å². The molecule has 4 rings (SSSR count). The number of aromatic nitrogens is 1. The van der Waals surface area contributed by atoms with Crippen LogP contribution in [0.2, 0.25) is 0 Å². The Bertz CT molecular complexity index is 1130. The zero-order valence-electron chi connectivity index (χ0n) is 17.1. The number of carboxylic acids is 1. The van der Waals surface area contributed by atoms with Crippen molar-refractivity contribution in [1.29, 1.82) is 0 Å². The van der Waals surface area contributed by atoms with Crippen LogP contribution in [0.15, 0.2) is 42.5 Å². The average molecular weight is 404 g/mol. The first-order chi connectivity index (χ1) is 14.5. The van der Waals surface area contributed by atoms with Gasteiger partial charge in [0, 0.05) is 49.7 Å². The molecule has 30 heavy (non-hydrogen) atoms. The Kier molecular flexibility index (Phi) is 5.10. The molecule has 0 saturated carbocycles. The van der Waals surface area contributed by atoms with Gasteiger partial charge in [-0.25, -0.2) is 4.79 Å². The third-order valence-electron chi connectivity index (χ3n) is 5.28. The van der Waals surface area contributed by atoms with E-state index in [-0.39, 0.29) is 5.56 Å². The van der Waals surface area contributed by atoms with E-state index >= 15 is 0 Å². The SMILES string of the molecule is CNc1cc2c(c(NC)c1NC)C=C(c1ccc(-c3ccc(C(=O)O)cc3)[nH]1)CO2. The molecule has 0 saturated heterocycles. The van der Waals surface area contributed by atoms with Crippen LogP contribution in [0, 0.1) is 0 Å². The van der Waals surface area contributed by atoms with Gasteiger partial charge in [-0.05, 0) is 35.9 Å². The second-order valence-corrected chi connectivity index (χ2v) is 6.96. The van der Waals surface area contributed by atoms with Crippen molar-refractivity contribution in [1.82, 2.24) is 4.98 Å². The maximum atomic E-state index is 11.1. The molecule has 0 spiro atoms. The smallest absolute Gasteiger partial charge is 0.335 e. The zero-order valence-corrected chi connectivity index (χ0v) is 17.1. The van der Waals surface area contributed by atoms with E-state index in [1.54, 1.807) is 24.3 Å². The zero-order chi connectivity index (χ0) is 21.3. The lowest BCUT2D eigenvalue weighted by atomic mass is 10.0. The van der Waals surface area contributed by atoms with Crippen LogP contribution in [-0.2, 0) is 0 Å². The highest BCUT2D eigenvalue weighted by Crippen LogP contribution is 2.44. The summed E-state index contributed by atoms with van der Waals surface area (Å²) in [5.41, 5.74) is 8.01. The molecule has 2 heterocycles. The van der Waals surface area contributed by atoms with Crippen molar-refractivity contribution in [2.75, 3.05) is 43.7 Å². The number of carbonyl (C=O) groups is 1. The first-order valence-corrected chi connectivity index (χ1v) is 9.66. The number of benzene rings is 2. The molecule has 2 aromatic carbocycles. The molecular weight excluding hydrogens is 380 g/mol. The van der Waals surface area contributed by atoms with Gasteiger partial charge < -0.3 is 30.8 Å². The molecule has 1 aromatic heterocycles. The Morgan fingerprint density at radius 2 is 1.67 bits per heavy atom. The number of hydrogen-bond acceptors (Lipinski definition) is 5. The lowest BCUT2D eigenvalue weighted by molar-refractivity contribution is 0.0697. The third kappa shape index (κ3) is 3.34. The fourth-order valence-electron chi connectivity index (χ4n) is 3.72. The van der Waals surface area contributed by atoms with Gasteiger partial charge in [0.15, 0.2) is 0 Å². The minimum absolute atomic E-state index is 0.270. The predicted molar refractivity (Wildman–Crippen MR) is 122 cm³/mol. The van der Waals surface area contributed by atoms with Crippen LogP contribution in [0.4, 0.5) is 17.1 Å². The van der Waals surface area contributed by atoms with Crippen molar-refractivity contribution < 1.29 is 14.6 Å². The third-order valence-corrected chi connectivity index (χ3v) is 5.28. The molecule has 0 fully saturated rings. The summed E-state index contributed by atoms with van der Waals surface area (Å²) in [6.45, 7) is 0.454. The number of rotatable bonds is 6. The Labute approximate surface area is 174 Å². The second kappa shape index (κ2) is 7.87. The van der Waals surface area contributed by atoms with Crippen LogP contribution in [0.1, 0.15) is 21.6 Å². The number of fused-ring (bicyclic) bond motifs is 1. The molecule has 1 aliphatic rings. The largest absolute Gasteiger partial charge is 0.488 e. The van der Waals surface area contributed by atoms with E-state index in [9.17, 15) is 4.79 Å². The predicted octanol–water partition coefficient (Wildman–Crippen LogP) is 4.44. The van der Waals surface area contributed by atoms with E-state index in [2.05, 4.69) is 27.0 Å². The van der Waals surface area contributed by atoms with Crippen LogP contribution in [0.25, 0.3) is 22.9 Å². The number of nitrogens with one attached hydrogen (secondary N) is 4. The van der Waals surface area contributed by atoms with Crippen LogP contribution in [0.3, 0.4) is 0 Å². The molecule has 5 N–H and O–H groups in total. The molecular formula is C23H24N4O3. The van der Waals surface area contributed by atoms with Gasteiger partial charge in [0.1, 0.15) is 12.4 Å². The molecule has 0 unspecified atom stereocenters. The molecule has 7 nitrogen and oxygen atoms in total. The van der Waals surface area contributed by atoms with E-state index in [4.69, 9.17) is 9.84 Å². The summed E-state index contributed by atoms with van der Waals surface area (Å²) in [5.74, 6) is -0.109. The first-order valence-electron chi connectivity index (χ1n) is 9.66. The molecule has 0 bridgehead atoms. The van der Waals surface area contributed by atoms with Crippen molar-refractivity contribution >= 4 is 34.7 Å². The standard InChI is InChI=1S/C23H24N4O3/c1-24-19-11-20-16(21(25-2)22(19)26-3)10-15(12-30-20)18-9-8-17(27-18)13-4-6-14(7-5-13)23(28)29/h4-11,24-27H,12H2,1-3H3,(H,28,29). The summed E-state index contributed by atoms with van der Waals surface area (Å²) >= 11 is 0. The molecule has 0 amide bonds. The number of aromatic amines is 1. The molecule has 0 atom stereocenters. The molecule has 7 heteroatoms. The maximum absolute atomic E-state index is 11.1. The molecule has 0 radical (unpaired) electrons. The van der Waals surface area contributed by atoms with E-state index in [0.29, 0.717) is 6.61 Å². The Morgan fingerprint density at radius 1 is 0.967 bits per heavy atom. The number of carboxylic acid groups (broad SMARTS) is 1. The monoisotopic (exact) mass is 404 g/mol. The fraction of sp³-hybridized carbons (Fsp3) is 0.174. The van der Waals surface area contributed by atoms with Gasteiger partial charge in [-0.1, -0.05) is 12.1 Å². The Balaban J connectivity index is 1.70. The van der Waals surface area contributed by atoms with E-state index in [1.165, 1.54) is 0 Å². The summed E-state index contributed by atoms with van der Waals surface area (Å²) in [7, 11) is 5.67. The minimum atomic E-state index is -0.931. The topological polar surface area (TPSA) is 98.4 Å². The highest BCUT2D eigenvalue weighted by Gasteiger charge is 2.21. The van der Waals surface area contributed by atoms with Crippen LogP contribution in [-0.4, -0.2) is 43.8 Å². The summed E-state index contributed by atoms with van der Waals surface area (Å²) in [5, 5.41) is 18.8. The Hall–Kier alpha value is -3.87. The van der Waals surface area contributed by atoms with Crippen LogP contribution >= 0.6 is 0 Å². The van der Waals surface area contributed by atoms with E-state index in [1.807, 2.05) is 39.3 Å².